The van der Waals surface area contributed by atoms with Crippen LogP contribution >= 0.6 is 11.3 Å². The molecule has 7 nitrogen and oxygen atoms in total. The van der Waals surface area contributed by atoms with Crippen molar-refractivity contribution in [1.82, 2.24) is 23.8 Å². The van der Waals surface area contributed by atoms with E-state index in [1.807, 2.05) is 29.3 Å². The van der Waals surface area contributed by atoms with Crippen molar-refractivity contribution < 1.29 is 4.79 Å². The number of hydrogen-bond donors (Lipinski definition) is 0. The summed E-state index contributed by atoms with van der Waals surface area (Å²) >= 11 is 1.46. The van der Waals surface area contributed by atoms with Crippen molar-refractivity contribution in [3.8, 4) is 0 Å². The molecule has 30 heavy (non-hydrogen) atoms. The van der Waals surface area contributed by atoms with Crippen LogP contribution in [0.1, 0.15) is 11.4 Å². The molecule has 3 aromatic heterocycles. The molecule has 5 rings (SSSR count). The Bertz CT molecular complexity index is 1280. The van der Waals surface area contributed by atoms with E-state index in [1.165, 1.54) is 16.7 Å². The number of aryl methyl sites for hydroxylation is 1. The van der Waals surface area contributed by atoms with Gasteiger partial charge >= 0.3 is 0 Å². The number of fused-ring (bicyclic) bond motifs is 2. The molecule has 0 bridgehead atoms. The van der Waals surface area contributed by atoms with E-state index < -0.39 is 0 Å². The zero-order valence-electron chi connectivity index (χ0n) is 16.8. The number of aromatic nitrogens is 3. The maximum Gasteiger partial charge on any atom is 0.258 e. The van der Waals surface area contributed by atoms with Gasteiger partial charge in [-0.2, -0.15) is 0 Å². The molecule has 0 N–H and O–H groups in total. The lowest BCUT2D eigenvalue weighted by atomic mass is 10.2. The first-order chi connectivity index (χ1) is 14.6. The summed E-state index contributed by atoms with van der Waals surface area (Å²) in [5, 5.41) is 3.03. The smallest absolute Gasteiger partial charge is 0.258 e. The number of carbonyl (C=O) groups is 1. The first kappa shape index (κ1) is 19.0. The van der Waals surface area contributed by atoms with E-state index in [4.69, 9.17) is 0 Å². The summed E-state index contributed by atoms with van der Waals surface area (Å²) in [4.78, 5) is 34.6. The molecule has 1 aromatic carbocycles. The Morgan fingerprint density at radius 2 is 1.93 bits per heavy atom. The fourth-order valence-electron chi connectivity index (χ4n) is 4.15. The third-order valence-corrected chi connectivity index (χ3v) is 6.53. The Hall–Kier alpha value is -2.97. The predicted molar refractivity (Wildman–Crippen MR) is 118 cm³/mol. The SMILES string of the molecule is Cc1cc2ccccc2n1CC(=O)N1CCN(Cc2cc(=O)n3ccsc3n2)CC1. The van der Waals surface area contributed by atoms with Gasteiger partial charge in [-0.15, -0.1) is 11.3 Å². The van der Waals surface area contributed by atoms with Gasteiger partial charge in [0.1, 0.15) is 6.54 Å². The molecule has 1 aliphatic heterocycles. The Morgan fingerprint density at radius 3 is 2.77 bits per heavy atom. The minimum absolute atomic E-state index is 0.0422. The van der Waals surface area contributed by atoms with E-state index in [1.54, 1.807) is 16.7 Å². The van der Waals surface area contributed by atoms with Gasteiger partial charge in [-0.3, -0.25) is 18.9 Å². The Labute approximate surface area is 177 Å². The molecule has 1 aliphatic rings. The number of benzene rings is 1. The molecule has 1 saturated heterocycles. The fraction of sp³-hybridized carbons (Fsp3) is 0.318. The third kappa shape index (κ3) is 3.53. The number of hydrogen-bond acceptors (Lipinski definition) is 5. The lowest BCUT2D eigenvalue weighted by molar-refractivity contribution is -0.133. The number of amides is 1. The number of carbonyl (C=O) groups excluding carboxylic acids is 1. The summed E-state index contributed by atoms with van der Waals surface area (Å²) < 4.78 is 3.66. The van der Waals surface area contributed by atoms with E-state index in [0.29, 0.717) is 26.2 Å². The van der Waals surface area contributed by atoms with E-state index in [2.05, 4.69) is 32.7 Å². The molecular weight excluding hydrogens is 398 g/mol. The van der Waals surface area contributed by atoms with Gasteiger partial charge in [-0.25, -0.2) is 4.98 Å². The van der Waals surface area contributed by atoms with Crippen LogP contribution in [0.2, 0.25) is 0 Å². The van der Waals surface area contributed by atoms with Crippen molar-refractivity contribution in [2.75, 3.05) is 26.2 Å². The van der Waals surface area contributed by atoms with Crippen molar-refractivity contribution in [3.63, 3.8) is 0 Å². The molecule has 154 valence electrons. The molecule has 1 fully saturated rings. The quantitative estimate of drug-likeness (QED) is 0.508. The molecule has 8 heteroatoms. The number of rotatable bonds is 4. The number of piperazine rings is 1. The maximum absolute atomic E-state index is 12.9. The number of thiazole rings is 1. The zero-order chi connectivity index (χ0) is 20.7. The normalized spacial score (nSPS) is 15.3. The molecule has 0 aliphatic carbocycles. The Kier molecular flexibility index (Phi) is 4.88. The van der Waals surface area contributed by atoms with Gasteiger partial charge in [-0.05, 0) is 24.4 Å². The van der Waals surface area contributed by atoms with Crippen LogP contribution in [-0.2, 0) is 17.9 Å². The van der Waals surface area contributed by atoms with Crippen LogP contribution in [0.4, 0.5) is 0 Å². The van der Waals surface area contributed by atoms with Gasteiger partial charge in [0, 0.05) is 61.6 Å². The standard InChI is InChI=1S/C22H23N5O2S/c1-16-12-17-4-2-3-5-19(17)27(16)15-21(29)25-8-6-24(7-9-25)14-18-13-20(28)26-10-11-30-22(26)23-18/h2-5,10-13H,6-9,14-15H2,1H3. The summed E-state index contributed by atoms with van der Waals surface area (Å²) in [7, 11) is 0. The van der Waals surface area contributed by atoms with Crippen LogP contribution < -0.4 is 5.56 Å². The van der Waals surface area contributed by atoms with Crippen molar-refractivity contribution in [3.05, 3.63) is 69.7 Å². The lowest BCUT2D eigenvalue weighted by Crippen LogP contribution is -2.49. The van der Waals surface area contributed by atoms with E-state index in [9.17, 15) is 9.59 Å². The van der Waals surface area contributed by atoms with Gasteiger partial charge in [-0.1, -0.05) is 18.2 Å². The topological polar surface area (TPSA) is 62.9 Å². The van der Waals surface area contributed by atoms with Crippen LogP contribution in [0.15, 0.2) is 52.8 Å². The summed E-state index contributed by atoms with van der Waals surface area (Å²) in [6, 6.07) is 11.9. The monoisotopic (exact) mass is 421 g/mol. The molecule has 0 spiro atoms. The van der Waals surface area contributed by atoms with Gasteiger partial charge in [0.05, 0.1) is 5.69 Å². The highest BCUT2D eigenvalue weighted by Crippen LogP contribution is 2.19. The average molecular weight is 422 g/mol. The fourth-order valence-corrected chi connectivity index (χ4v) is 4.89. The van der Waals surface area contributed by atoms with Gasteiger partial charge in [0.15, 0.2) is 4.96 Å². The van der Waals surface area contributed by atoms with Gasteiger partial charge in [0.2, 0.25) is 5.91 Å². The molecule has 0 unspecified atom stereocenters. The molecular formula is C22H23N5O2S. The minimum Gasteiger partial charge on any atom is -0.339 e. The first-order valence-corrected chi connectivity index (χ1v) is 11.0. The van der Waals surface area contributed by atoms with Crippen molar-refractivity contribution in [2.45, 2.75) is 20.0 Å². The predicted octanol–water partition coefficient (Wildman–Crippen LogP) is 2.36. The lowest BCUT2D eigenvalue weighted by Gasteiger charge is -2.34. The second-order valence-electron chi connectivity index (χ2n) is 7.73. The second-order valence-corrected chi connectivity index (χ2v) is 8.60. The summed E-state index contributed by atoms with van der Waals surface area (Å²) in [5.74, 6) is 0.149. The molecule has 1 amide bonds. The third-order valence-electron chi connectivity index (χ3n) is 5.78. The highest BCUT2D eigenvalue weighted by molar-refractivity contribution is 7.15. The van der Waals surface area contributed by atoms with Crippen LogP contribution in [0.25, 0.3) is 15.9 Å². The van der Waals surface area contributed by atoms with Crippen LogP contribution in [0.3, 0.4) is 0 Å². The summed E-state index contributed by atoms with van der Waals surface area (Å²) in [6.45, 7) is 5.99. The highest BCUT2D eigenvalue weighted by atomic mass is 32.1. The molecule has 0 radical (unpaired) electrons. The number of para-hydroxylation sites is 1. The highest BCUT2D eigenvalue weighted by Gasteiger charge is 2.22. The van der Waals surface area contributed by atoms with Crippen molar-refractivity contribution >= 4 is 33.1 Å². The van der Waals surface area contributed by atoms with Crippen LogP contribution in [0.5, 0.6) is 0 Å². The average Bonchev–Trinajstić information content (AvgIpc) is 3.33. The first-order valence-electron chi connectivity index (χ1n) is 10.1. The Morgan fingerprint density at radius 1 is 1.13 bits per heavy atom. The van der Waals surface area contributed by atoms with E-state index in [-0.39, 0.29) is 11.5 Å². The van der Waals surface area contributed by atoms with Crippen molar-refractivity contribution in [2.24, 2.45) is 0 Å². The Balaban J connectivity index is 1.22. The minimum atomic E-state index is -0.0422. The summed E-state index contributed by atoms with van der Waals surface area (Å²) in [5.41, 5.74) is 2.95. The summed E-state index contributed by atoms with van der Waals surface area (Å²) in [6.07, 6.45) is 1.75. The van der Waals surface area contributed by atoms with Crippen LogP contribution in [0, 0.1) is 6.92 Å². The van der Waals surface area contributed by atoms with E-state index >= 15 is 0 Å². The largest absolute Gasteiger partial charge is 0.339 e. The molecule has 0 atom stereocenters. The number of nitrogens with zero attached hydrogens (tertiary/aromatic N) is 5. The van der Waals surface area contributed by atoms with Gasteiger partial charge in [0.25, 0.3) is 5.56 Å². The van der Waals surface area contributed by atoms with Gasteiger partial charge < -0.3 is 9.47 Å². The molecule has 0 saturated carbocycles. The molecule has 4 aromatic rings. The van der Waals surface area contributed by atoms with E-state index in [0.717, 1.165) is 35.0 Å². The maximum atomic E-state index is 12.9. The zero-order valence-corrected chi connectivity index (χ0v) is 17.6. The second kappa shape index (κ2) is 7.70. The molecule has 4 heterocycles. The van der Waals surface area contributed by atoms with Crippen LogP contribution in [-0.4, -0.2) is 55.8 Å². The van der Waals surface area contributed by atoms with Crippen molar-refractivity contribution in [1.29, 1.82) is 0 Å².